The Hall–Kier alpha value is -2.41. The van der Waals surface area contributed by atoms with Crippen molar-refractivity contribution in [2.24, 2.45) is 5.73 Å². The number of benzene rings is 1. The Labute approximate surface area is 138 Å². The molecule has 120 valence electrons. The minimum Gasteiger partial charge on any atom is -0.370 e. The Balaban J connectivity index is 1.90. The predicted molar refractivity (Wildman–Crippen MR) is 94.0 cm³/mol. The third kappa shape index (κ3) is 2.92. The number of hydrogen-bond donors (Lipinski definition) is 3. The summed E-state index contributed by atoms with van der Waals surface area (Å²) < 4.78 is 0. The van der Waals surface area contributed by atoms with Gasteiger partial charge in [0, 0.05) is 29.1 Å². The summed E-state index contributed by atoms with van der Waals surface area (Å²) in [6.45, 7) is 3.96. The van der Waals surface area contributed by atoms with Gasteiger partial charge in [0.15, 0.2) is 11.1 Å². The second kappa shape index (κ2) is 6.00. The molecule has 2 heterocycles. The molecule has 1 atom stereocenters. The van der Waals surface area contributed by atoms with Gasteiger partial charge in [0.1, 0.15) is 0 Å². The third-order valence-electron chi connectivity index (χ3n) is 3.91. The van der Waals surface area contributed by atoms with Crippen LogP contribution in [0.1, 0.15) is 25.8 Å². The smallest absolute Gasteiger partial charge is 0.226 e. The van der Waals surface area contributed by atoms with Gasteiger partial charge in [0.05, 0.1) is 5.69 Å². The van der Waals surface area contributed by atoms with E-state index in [1.165, 1.54) is 16.9 Å². The van der Waals surface area contributed by atoms with Crippen molar-refractivity contribution in [1.82, 2.24) is 4.98 Å². The highest BCUT2D eigenvalue weighted by Gasteiger charge is 2.30. The van der Waals surface area contributed by atoms with Crippen LogP contribution in [0.15, 0.2) is 23.6 Å². The van der Waals surface area contributed by atoms with Gasteiger partial charge in [-0.15, -0.1) is 11.3 Å². The standard InChI is InChI=1S/C16H19N5OS/c1-3-14(22)21-9(2)6-11-7-10(4-5-13(11)21)12-8-23-16(19-12)20-15(17)18/h4-5,7-9H,3,6H2,1-2H3,(H4,17,18,19,20). The molecule has 3 rings (SSSR count). The average Bonchev–Trinajstić information content (AvgIpc) is 3.08. The number of anilines is 2. The lowest BCUT2D eigenvalue weighted by atomic mass is 10.1. The molecule has 7 heteroatoms. The summed E-state index contributed by atoms with van der Waals surface area (Å²) in [5.74, 6) is 0.0352. The Morgan fingerprint density at radius 2 is 2.35 bits per heavy atom. The third-order valence-corrected chi connectivity index (χ3v) is 4.67. The van der Waals surface area contributed by atoms with Crippen LogP contribution in [0.25, 0.3) is 11.3 Å². The van der Waals surface area contributed by atoms with Crippen LogP contribution in [0.2, 0.25) is 0 Å². The number of fused-ring (bicyclic) bond motifs is 1. The van der Waals surface area contributed by atoms with Gasteiger partial charge in [-0.1, -0.05) is 13.0 Å². The van der Waals surface area contributed by atoms with Crippen LogP contribution in [-0.4, -0.2) is 22.9 Å². The van der Waals surface area contributed by atoms with Crippen molar-refractivity contribution in [3.8, 4) is 11.3 Å². The first-order valence-corrected chi connectivity index (χ1v) is 8.39. The molecular formula is C16H19N5OS. The van der Waals surface area contributed by atoms with Crippen molar-refractivity contribution >= 4 is 34.0 Å². The van der Waals surface area contributed by atoms with Gasteiger partial charge in [-0.2, -0.15) is 0 Å². The Morgan fingerprint density at radius 3 is 3.04 bits per heavy atom. The largest absolute Gasteiger partial charge is 0.370 e. The number of carbonyl (C=O) groups excluding carboxylic acids is 1. The van der Waals surface area contributed by atoms with Crippen LogP contribution in [0.5, 0.6) is 0 Å². The molecule has 1 aromatic carbocycles. The Morgan fingerprint density at radius 1 is 1.57 bits per heavy atom. The normalized spacial score (nSPS) is 16.3. The van der Waals surface area contributed by atoms with E-state index in [1.807, 2.05) is 29.3 Å². The summed E-state index contributed by atoms with van der Waals surface area (Å²) >= 11 is 1.41. The number of nitrogens with one attached hydrogen (secondary N) is 2. The van der Waals surface area contributed by atoms with Crippen LogP contribution in [0.3, 0.4) is 0 Å². The van der Waals surface area contributed by atoms with E-state index in [2.05, 4.69) is 23.3 Å². The van der Waals surface area contributed by atoms with Gasteiger partial charge in [-0.3, -0.25) is 10.2 Å². The van der Waals surface area contributed by atoms with Crippen LogP contribution in [-0.2, 0) is 11.2 Å². The molecule has 0 saturated heterocycles. The molecule has 0 spiro atoms. The first-order valence-electron chi connectivity index (χ1n) is 7.51. The maximum atomic E-state index is 12.1. The molecule has 1 aromatic heterocycles. The molecule has 0 bridgehead atoms. The monoisotopic (exact) mass is 329 g/mol. The van der Waals surface area contributed by atoms with Crippen molar-refractivity contribution in [1.29, 1.82) is 5.41 Å². The van der Waals surface area contributed by atoms with E-state index in [-0.39, 0.29) is 17.9 Å². The summed E-state index contributed by atoms with van der Waals surface area (Å²) in [6, 6.07) is 6.28. The number of carbonyl (C=O) groups is 1. The molecule has 1 unspecified atom stereocenters. The lowest BCUT2D eigenvalue weighted by Gasteiger charge is -2.22. The van der Waals surface area contributed by atoms with Crippen molar-refractivity contribution in [3.63, 3.8) is 0 Å². The second-order valence-corrected chi connectivity index (χ2v) is 6.45. The van der Waals surface area contributed by atoms with Gasteiger partial charge >= 0.3 is 0 Å². The molecule has 0 saturated carbocycles. The van der Waals surface area contributed by atoms with Crippen LogP contribution in [0.4, 0.5) is 10.8 Å². The molecule has 6 nitrogen and oxygen atoms in total. The number of rotatable bonds is 3. The number of nitrogens with zero attached hydrogens (tertiary/aromatic N) is 2. The fraction of sp³-hybridized carbons (Fsp3) is 0.312. The SMILES string of the molecule is CCC(=O)N1c2ccc(-c3csc(NC(=N)N)n3)cc2CC1C. The van der Waals surface area contributed by atoms with E-state index in [1.54, 1.807) is 0 Å². The lowest BCUT2D eigenvalue weighted by molar-refractivity contribution is -0.118. The number of hydrogen-bond acceptors (Lipinski definition) is 4. The highest BCUT2D eigenvalue weighted by Crippen LogP contribution is 2.36. The zero-order valence-corrected chi connectivity index (χ0v) is 13.9. The zero-order chi connectivity index (χ0) is 16.6. The molecule has 0 fully saturated rings. The highest BCUT2D eigenvalue weighted by molar-refractivity contribution is 7.14. The second-order valence-electron chi connectivity index (χ2n) is 5.59. The number of amides is 1. The molecule has 1 amide bonds. The molecule has 1 aliphatic rings. The Kier molecular flexibility index (Phi) is 4.04. The van der Waals surface area contributed by atoms with Gasteiger partial charge in [0.25, 0.3) is 0 Å². The number of aromatic nitrogens is 1. The van der Waals surface area contributed by atoms with E-state index in [0.29, 0.717) is 11.6 Å². The zero-order valence-electron chi connectivity index (χ0n) is 13.1. The van der Waals surface area contributed by atoms with Crippen LogP contribution >= 0.6 is 11.3 Å². The van der Waals surface area contributed by atoms with Gasteiger partial charge in [0.2, 0.25) is 5.91 Å². The van der Waals surface area contributed by atoms with E-state index in [9.17, 15) is 4.79 Å². The van der Waals surface area contributed by atoms with Gasteiger partial charge in [-0.05, 0) is 31.0 Å². The summed E-state index contributed by atoms with van der Waals surface area (Å²) in [4.78, 5) is 18.5. The first-order chi connectivity index (χ1) is 11.0. The number of thiazole rings is 1. The quantitative estimate of drug-likeness (QED) is 0.596. The highest BCUT2D eigenvalue weighted by atomic mass is 32.1. The molecule has 1 aliphatic heterocycles. The summed E-state index contributed by atoms with van der Waals surface area (Å²) in [5, 5.41) is 12.5. The Bertz CT molecular complexity index is 770. The van der Waals surface area contributed by atoms with E-state index in [4.69, 9.17) is 11.1 Å². The van der Waals surface area contributed by atoms with Crippen LogP contribution < -0.4 is 16.0 Å². The minimum absolute atomic E-state index is 0.123. The maximum absolute atomic E-state index is 12.1. The lowest BCUT2D eigenvalue weighted by Crippen LogP contribution is -2.35. The molecule has 0 aliphatic carbocycles. The molecular weight excluding hydrogens is 310 g/mol. The fourth-order valence-corrected chi connectivity index (χ4v) is 3.65. The van der Waals surface area contributed by atoms with Crippen molar-refractivity contribution in [2.75, 3.05) is 10.2 Å². The van der Waals surface area contributed by atoms with Crippen molar-refractivity contribution in [3.05, 3.63) is 29.1 Å². The van der Waals surface area contributed by atoms with Crippen molar-refractivity contribution < 1.29 is 4.79 Å². The first kappa shape index (κ1) is 15.5. The number of nitrogens with two attached hydrogens (primary N) is 1. The van der Waals surface area contributed by atoms with E-state index >= 15 is 0 Å². The number of guanidine groups is 1. The molecule has 2 aromatic rings. The van der Waals surface area contributed by atoms with Crippen LogP contribution in [0, 0.1) is 5.41 Å². The van der Waals surface area contributed by atoms with E-state index in [0.717, 1.165) is 23.4 Å². The average molecular weight is 329 g/mol. The minimum atomic E-state index is -0.123. The van der Waals surface area contributed by atoms with Gasteiger partial charge in [-0.25, -0.2) is 4.98 Å². The topological polar surface area (TPSA) is 95.1 Å². The van der Waals surface area contributed by atoms with Crippen molar-refractivity contribution in [2.45, 2.75) is 32.7 Å². The fourth-order valence-electron chi connectivity index (χ4n) is 2.92. The summed E-state index contributed by atoms with van der Waals surface area (Å²) in [6.07, 6.45) is 1.37. The summed E-state index contributed by atoms with van der Waals surface area (Å²) in [7, 11) is 0. The summed E-state index contributed by atoms with van der Waals surface area (Å²) in [5.41, 5.74) is 9.35. The predicted octanol–water partition coefficient (Wildman–Crippen LogP) is 2.80. The van der Waals surface area contributed by atoms with E-state index < -0.39 is 0 Å². The molecule has 4 N–H and O–H groups in total. The van der Waals surface area contributed by atoms with Gasteiger partial charge < -0.3 is 16.0 Å². The molecule has 23 heavy (non-hydrogen) atoms. The molecule has 0 radical (unpaired) electrons. The maximum Gasteiger partial charge on any atom is 0.226 e.